The van der Waals surface area contributed by atoms with Crippen molar-refractivity contribution in [3.63, 3.8) is 0 Å². The molecule has 1 atom stereocenters. The summed E-state index contributed by atoms with van der Waals surface area (Å²) >= 11 is 4.04. The standard InChI is InChI=1S/C16H23NO3S2/c1-10(9-19-3)17-15(18)14-11(2)13-12(20-14)5-4-6-16(13)21-7-8-22-16/h10H,4-9H2,1-3H3,(H,17,18)/t10-/m0/s1. The van der Waals surface area contributed by atoms with Crippen LogP contribution in [-0.2, 0) is 15.2 Å². The third-order valence-electron chi connectivity index (χ3n) is 4.26. The molecule has 0 aromatic carbocycles. The van der Waals surface area contributed by atoms with Crippen LogP contribution in [-0.4, -0.2) is 37.2 Å². The minimum absolute atomic E-state index is 0.0248. The largest absolute Gasteiger partial charge is 0.455 e. The van der Waals surface area contributed by atoms with Gasteiger partial charge in [0, 0.05) is 42.2 Å². The molecule has 0 unspecified atom stereocenters. The topological polar surface area (TPSA) is 51.5 Å². The van der Waals surface area contributed by atoms with Crippen molar-refractivity contribution in [2.75, 3.05) is 25.2 Å². The van der Waals surface area contributed by atoms with Gasteiger partial charge in [-0.3, -0.25) is 4.79 Å². The van der Waals surface area contributed by atoms with Crippen molar-refractivity contribution in [3.05, 3.63) is 22.6 Å². The predicted molar refractivity (Wildman–Crippen MR) is 91.8 cm³/mol. The van der Waals surface area contributed by atoms with E-state index in [2.05, 4.69) is 5.32 Å². The van der Waals surface area contributed by atoms with Crippen molar-refractivity contribution in [3.8, 4) is 0 Å². The quantitative estimate of drug-likeness (QED) is 0.910. The van der Waals surface area contributed by atoms with Crippen molar-refractivity contribution in [1.29, 1.82) is 0 Å². The molecule has 0 radical (unpaired) electrons. The van der Waals surface area contributed by atoms with E-state index in [-0.39, 0.29) is 16.0 Å². The molecule has 122 valence electrons. The maximum absolute atomic E-state index is 12.5. The number of carbonyl (C=O) groups excluding carboxylic acids is 1. The number of amides is 1. The Balaban J connectivity index is 1.89. The van der Waals surface area contributed by atoms with E-state index in [4.69, 9.17) is 9.15 Å². The summed E-state index contributed by atoms with van der Waals surface area (Å²) in [6.07, 6.45) is 3.26. The van der Waals surface area contributed by atoms with Crippen molar-refractivity contribution in [2.24, 2.45) is 0 Å². The number of hydrogen-bond donors (Lipinski definition) is 1. The highest BCUT2D eigenvalue weighted by molar-refractivity contribution is 8.20. The Labute approximate surface area is 140 Å². The van der Waals surface area contributed by atoms with E-state index in [0.29, 0.717) is 12.4 Å². The van der Waals surface area contributed by atoms with E-state index in [1.807, 2.05) is 37.4 Å². The van der Waals surface area contributed by atoms with Crippen LogP contribution in [0.2, 0.25) is 0 Å². The first kappa shape index (κ1) is 16.3. The lowest BCUT2D eigenvalue weighted by Crippen LogP contribution is -2.35. The fourth-order valence-electron chi connectivity index (χ4n) is 3.40. The number of thioether (sulfide) groups is 2. The number of fused-ring (bicyclic) bond motifs is 2. The molecule has 1 spiro atoms. The summed E-state index contributed by atoms with van der Waals surface area (Å²) in [4.78, 5) is 12.5. The summed E-state index contributed by atoms with van der Waals surface area (Å²) in [6, 6.07) is -0.0248. The second-order valence-electron chi connectivity index (χ2n) is 5.99. The van der Waals surface area contributed by atoms with Crippen molar-refractivity contribution in [1.82, 2.24) is 5.32 Å². The first-order chi connectivity index (χ1) is 10.6. The third kappa shape index (κ3) is 2.81. The van der Waals surface area contributed by atoms with E-state index >= 15 is 0 Å². The zero-order valence-corrected chi connectivity index (χ0v) is 15.0. The first-order valence-electron chi connectivity index (χ1n) is 7.78. The fraction of sp³-hybridized carbons (Fsp3) is 0.688. The minimum atomic E-state index is -0.125. The summed E-state index contributed by atoms with van der Waals surface area (Å²) in [5.74, 6) is 3.75. The number of methoxy groups -OCH3 is 1. The summed E-state index contributed by atoms with van der Waals surface area (Å²) < 4.78 is 11.2. The smallest absolute Gasteiger partial charge is 0.287 e. The molecule has 1 fully saturated rings. The van der Waals surface area contributed by atoms with E-state index in [9.17, 15) is 4.79 Å². The second-order valence-corrected chi connectivity index (χ2v) is 9.03. The van der Waals surface area contributed by atoms with Gasteiger partial charge in [0.1, 0.15) is 5.76 Å². The number of ether oxygens (including phenoxy) is 1. The van der Waals surface area contributed by atoms with Crippen LogP contribution < -0.4 is 5.32 Å². The van der Waals surface area contributed by atoms with Gasteiger partial charge in [0.15, 0.2) is 5.76 Å². The fourth-order valence-corrected chi connectivity index (χ4v) is 6.95. The molecule has 2 heterocycles. The summed E-state index contributed by atoms with van der Waals surface area (Å²) in [5, 5.41) is 2.95. The Morgan fingerprint density at radius 2 is 2.18 bits per heavy atom. The minimum Gasteiger partial charge on any atom is -0.455 e. The van der Waals surface area contributed by atoms with Crippen LogP contribution in [0, 0.1) is 6.92 Å². The molecule has 22 heavy (non-hydrogen) atoms. The summed E-state index contributed by atoms with van der Waals surface area (Å²) in [5.41, 5.74) is 2.31. The van der Waals surface area contributed by atoms with Crippen LogP contribution in [0.15, 0.2) is 4.42 Å². The Morgan fingerprint density at radius 1 is 1.45 bits per heavy atom. The molecule has 1 aromatic heterocycles. The van der Waals surface area contributed by atoms with Crippen LogP contribution in [0.3, 0.4) is 0 Å². The van der Waals surface area contributed by atoms with Gasteiger partial charge in [-0.15, -0.1) is 23.5 Å². The van der Waals surface area contributed by atoms with Crippen molar-refractivity contribution < 1.29 is 13.9 Å². The molecule has 4 nitrogen and oxygen atoms in total. The maximum atomic E-state index is 12.5. The van der Waals surface area contributed by atoms with Gasteiger partial charge < -0.3 is 14.5 Å². The van der Waals surface area contributed by atoms with E-state index in [0.717, 1.165) is 24.2 Å². The van der Waals surface area contributed by atoms with E-state index in [1.165, 1.54) is 23.5 Å². The Bertz CT molecular complexity index is 564. The zero-order chi connectivity index (χ0) is 15.7. The monoisotopic (exact) mass is 341 g/mol. The lowest BCUT2D eigenvalue weighted by molar-refractivity contribution is 0.0875. The highest BCUT2D eigenvalue weighted by atomic mass is 32.2. The summed E-state index contributed by atoms with van der Waals surface area (Å²) in [7, 11) is 1.64. The SMILES string of the molecule is COC[C@H](C)NC(=O)c1oc2c(c1C)C1(CCC2)SCCS1. The molecule has 6 heteroatoms. The van der Waals surface area contributed by atoms with Crippen LogP contribution in [0.4, 0.5) is 0 Å². The van der Waals surface area contributed by atoms with E-state index in [1.54, 1.807) is 7.11 Å². The lowest BCUT2D eigenvalue weighted by atomic mass is 9.94. The van der Waals surface area contributed by atoms with Crippen molar-refractivity contribution >= 4 is 29.4 Å². The number of aryl methyl sites for hydroxylation is 1. The zero-order valence-electron chi connectivity index (χ0n) is 13.4. The van der Waals surface area contributed by atoms with Gasteiger partial charge in [0.25, 0.3) is 5.91 Å². The maximum Gasteiger partial charge on any atom is 0.287 e. The Kier molecular flexibility index (Phi) is 4.80. The second kappa shape index (κ2) is 6.49. The van der Waals surface area contributed by atoms with Crippen molar-refractivity contribution in [2.45, 2.75) is 43.2 Å². The van der Waals surface area contributed by atoms with Crippen LogP contribution in [0.25, 0.3) is 0 Å². The first-order valence-corrected chi connectivity index (χ1v) is 9.75. The van der Waals surface area contributed by atoms with Gasteiger partial charge in [-0.05, 0) is 26.7 Å². The van der Waals surface area contributed by atoms with Gasteiger partial charge >= 0.3 is 0 Å². The predicted octanol–water partition coefficient (Wildman–Crippen LogP) is 3.32. The van der Waals surface area contributed by atoms with Gasteiger partial charge in [-0.25, -0.2) is 0 Å². The number of nitrogens with one attached hydrogen (secondary N) is 1. The highest BCUT2D eigenvalue weighted by Crippen LogP contribution is 2.59. The molecule has 3 rings (SSSR count). The van der Waals surface area contributed by atoms with Gasteiger partial charge in [0.2, 0.25) is 0 Å². The molecule has 1 amide bonds. The van der Waals surface area contributed by atoms with Gasteiger partial charge in [0.05, 0.1) is 10.7 Å². The van der Waals surface area contributed by atoms with Gasteiger partial charge in [-0.2, -0.15) is 0 Å². The molecule has 1 aliphatic carbocycles. The van der Waals surface area contributed by atoms with Crippen LogP contribution >= 0.6 is 23.5 Å². The Morgan fingerprint density at radius 3 is 2.86 bits per heavy atom. The molecule has 1 aliphatic heterocycles. The molecule has 1 N–H and O–H groups in total. The number of hydrogen-bond acceptors (Lipinski definition) is 5. The van der Waals surface area contributed by atoms with Crippen LogP contribution in [0.5, 0.6) is 0 Å². The molecular formula is C16H23NO3S2. The molecular weight excluding hydrogens is 318 g/mol. The lowest BCUT2D eigenvalue weighted by Gasteiger charge is -2.31. The number of rotatable bonds is 4. The van der Waals surface area contributed by atoms with Crippen LogP contribution in [0.1, 0.15) is 47.2 Å². The normalized spacial score (nSPS) is 20.9. The average molecular weight is 341 g/mol. The van der Waals surface area contributed by atoms with E-state index < -0.39 is 0 Å². The number of carbonyl (C=O) groups is 1. The number of furan rings is 1. The molecule has 1 saturated heterocycles. The Hall–Kier alpha value is -0.590. The molecule has 0 saturated carbocycles. The molecule has 0 bridgehead atoms. The highest BCUT2D eigenvalue weighted by Gasteiger charge is 2.45. The van der Waals surface area contributed by atoms with Gasteiger partial charge in [-0.1, -0.05) is 0 Å². The molecule has 2 aliphatic rings. The average Bonchev–Trinajstić information content (AvgIpc) is 3.06. The summed E-state index contributed by atoms with van der Waals surface area (Å²) in [6.45, 7) is 4.47. The molecule has 1 aromatic rings. The third-order valence-corrected chi connectivity index (χ3v) is 7.80.